The van der Waals surface area contributed by atoms with Crippen LogP contribution in [0.1, 0.15) is 6.92 Å². The molecule has 2 nitrogen and oxygen atoms in total. The van der Waals surface area contributed by atoms with Crippen LogP contribution < -0.4 is 5.73 Å². The Kier molecular flexibility index (Phi) is 4.70. The first kappa shape index (κ1) is 12.6. The van der Waals surface area contributed by atoms with Gasteiger partial charge in [0.2, 0.25) is 0 Å². The first-order chi connectivity index (χ1) is 7.04. The number of aliphatic hydroxyl groups is 1. The maximum Gasteiger partial charge on any atom is 0.143 e. The van der Waals surface area contributed by atoms with Crippen molar-refractivity contribution >= 4 is 29.1 Å². The van der Waals surface area contributed by atoms with Crippen LogP contribution in [-0.2, 0) is 0 Å². The van der Waals surface area contributed by atoms with Gasteiger partial charge in [-0.3, -0.25) is 0 Å². The molecule has 0 saturated heterocycles. The lowest BCUT2D eigenvalue weighted by molar-refractivity contribution is 0.250. The van der Waals surface area contributed by atoms with Crippen LogP contribution in [0, 0.1) is 11.7 Å². The van der Waals surface area contributed by atoms with Crippen LogP contribution in [0.25, 0.3) is 0 Å². The fraction of sp³-hybridized carbons (Fsp3) is 0.400. The van der Waals surface area contributed by atoms with Gasteiger partial charge in [-0.1, -0.05) is 18.5 Å². The summed E-state index contributed by atoms with van der Waals surface area (Å²) in [5.74, 6) is 0.389. The molecule has 0 spiro atoms. The Morgan fingerprint density at radius 3 is 2.87 bits per heavy atom. The van der Waals surface area contributed by atoms with Gasteiger partial charge in [0.25, 0.3) is 0 Å². The maximum atomic E-state index is 13.1. The van der Waals surface area contributed by atoms with Crippen LogP contribution in [0.2, 0.25) is 5.02 Å². The summed E-state index contributed by atoms with van der Waals surface area (Å²) in [5.41, 5.74) is 6.15. The lowest BCUT2D eigenvalue weighted by Gasteiger charge is -2.09. The number of thioether (sulfide) groups is 1. The molecule has 15 heavy (non-hydrogen) atoms. The van der Waals surface area contributed by atoms with Crippen molar-refractivity contribution in [3.63, 3.8) is 0 Å². The second-order valence-electron chi connectivity index (χ2n) is 3.40. The molecule has 1 aromatic carbocycles. The van der Waals surface area contributed by atoms with Gasteiger partial charge in [-0.25, -0.2) is 4.39 Å². The molecular formula is C10H13ClFNOS. The molecule has 3 N–H and O–H groups in total. The highest BCUT2D eigenvalue weighted by Gasteiger charge is 2.08. The van der Waals surface area contributed by atoms with Crippen molar-refractivity contribution in [2.45, 2.75) is 11.8 Å². The quantitative estimate of drug-likeness (QED) is 0.637. The van der Waals surface area contributed by atoms with Crippen molar-refractivity contribution in [3.8, 4) is 0 Å². The molecular weight excluding hydrogens is 237 g/mol. The SMILES string of the molecule is CC(CO)CSc1cc(F)c(Cl)cc1N. The number of hydrogen-bond acceptors (Lipinski definition) is 3. The van der Waals surface area contributed by atoms with Gasteiger partial charge in [0.05, 0.1) is 5.02 Å². The van der Waals surface area contributed by atoms with Crippen LogP contribution >= 0.6 is 23.4 Å². The molecule has 0 aromatic heterocycles. The van der Waals surface area contributed by atoms with Crippen molar-refractivity contribution in [2.24, 2.45) is 5.92 Å². The molecule has 0 radical (unpaired) electrons. The van der Waals surface area contributed by atoms with E-state index in [9.17, 15) is 4.39 Å². The molecule has 0 bridgehead atoms. The molecule has 5 heteroatoms. The van der Waals surface area contributed by atoms with Crippen molar-refractivity contribution in [1.29, 1.82) is 0 Å². The average molecular weight is 250 g/mol. The largest absolute Gasteiger partial charge is 0.398 e. The molecule has 0 heterocycles. The third-order valence-electron chi connectivity index (χ3n) is 1.89. The fourth-order valence-electron chi connectivity index (χ4n) is 0.954. The first-order valence-corrected chi connectivity index (χ1v) is 5.89. The van der Waals surface area contributed by atoms with Crippen molar-refractivity contribution in [3.05, 3.63) is 23.0 Å². The molecule has 0 amide bonds. The summed E-state index contributed by atoms with van der Waals surface area (Å²) in [6.45, 7) is 2.03. The van der Waals surface area contributed by atoms with E-state index in [0.717, 1.165) is 0 Å². The summed E-state index contributed by atoms with van der Waals surface area (Å²) in [6.07, 6.45) is 0. The van der Waals surface area contributed by atoms with Gasteiger partial charge in [-0.05, 0) is 18.1 Å². The fourth-order valence-corrected chi connectivity index (χ4v) is 2.11. The second kappa shape index (κ2) is 5.58. The number of nitrogens with two attached hydrogens (primary N) is 1. The van der Waals surface area contributed by atoms with E-state index < -0.39 is 5.82 Å². The smallest absolute Gasteiger partial charge is 0.143 e. The molecule has 0 aliphatic heterocycles. The normalized spacial score (nSPS) is 12.8. The monoisotopic (exact) mass is 249 g/mol. The highest BCUT2D eigenvalue weighted by molar-refractivity contribution is 7.99. The van der Waals surface area contributed by atoms with E-state index in [-0.39, 0.29) is 17.5 Å². The van der Waals surface area contributed by atoms with Gasteiger partial charge in [-0.2, -0.15) is 0 Å². The minimum Gasteiger partial charge on any atom is -0.398 e. The van der Waals surface area contributed by atoms with Crippen LogP contribution in [0.3, 0.4) is 0 Å². The van der Waals surface area contributed by atoms with Crippen molar-refractivity contribution in [1.82, 2.24) is 0 Å². The van der Waals surface area contributed by atoms with Gasteiger partial charge >= 0.3 is 0 Å². The molecule has 1 rings (SSSR count). The zero-order valence-electron chi connectivity index (χ0n) is 8.34. The second-order valence-corrected chi connectivity index (χ2v) is 4.87. The molecule has 1 unspecified atom stereocenters. The number of rotatable bonds is 4. The Labute approximate surface area is 97.6 Å². The molecule has 1 atom stereocenters. The third kappa shape index (κ3) is 3.55. The Morgan fingerprint density at radius 2 is 2.27 bits per heavy atom. The van der Waals surface area contributed by atoms with Crippen LogP contribution in [0.4, 0.5) is 10.1 Å². The van der Waals surface area contributed by atoms with Gasteiger partial charge in [0.15, 0.2) is 0 Å². The van der Waals surface area contributed by atoms with Gasteiger partial charge < -0.3 is 10.8 Å². The van der Waals surface area contributed by atoms with E-state index in [1.807, 2.05) is 6.92 Å². The highest BCUT2D eigenvalue weighted by Crippen LogP contribution is 2.30. The minimum absolute atomic E-state index is 0.0343. The minimum atomic E-state index is -0.468. The van der Waals surface area contributed by atoms with Gasteiger partial charge in [0, 0.05) is 22.9 Å². The lowest BCUT2D eigenvalue weighted by Crippen LogP contribution is -2.03. The number of anilines is 1. The zero-order valence-corrected chi connectivity index (χ0v) is 9.91. The topological polar surface area (TPSA) is 46.2 Å². The van der Waals surface area contributed by atoms with E-state index in [4.69, 9.17) is 22.4 Å². The van der Waals surface area contributed by atoms with Crippen molar-refractivity contribution < 1.29 is 9.50 Å². The highest BCUT2D eigenvalue weighted by atomic mass is 35.5. The number of benzene rings is 1. The third-order valence-corrected chi connectivity index (χ3v) is 3.58. The molecule has 0 saturated carbocycles. The summed E-state index contributed by atoms with van der Waals surface area (Å²) >= 11 is 6.99. The number of aliphatic hydroxyl groups excluding tert-OH is 1. The van der Waals surface area contributed by atoms with E-state index >= 15 is 0 Å². The Balaban J connectivity index is 2.73. The first-order valence-electron chi connectivity index (χ1n) is 4.52. The van der Waals surface area contributed by atoms with E-state index in [1.165, 1.54) is 23.9 Å². The predicted octanol–water partition coefficient (Wildman–Crippen LogP) is 2.78. The lowest BCUT2D eigenvalue weighted by atomic mass is 10.2. The predicted molar refractivity (Wildman–Crippen MR) is 62.8 cm³/mol. The maximum absolute atomic E-state index is 13.1. The molecule has 0 aliphatic carbocycles. The van der Waals surface area contributed by atoms with E-state index in [0.29, 0.717) is 16.3 Å². The summed E-state index contributed by atoms with van der Waals surface area (Å²) in [6, 6.07) is 2.73. The van der Waals surface area contributed by atoms with Gasteiger partial charge in [-0.15, -0.1) is 11.8 Å². The molecule has 84 valence electrons. The van der Waals surface area contributed by atoms with E-state index in [2.05, 4.69) is 0 Å². The molecule has 0 fully saturated rings. The molecule has 0 aliphatic rings. The molecule has 1 aromatic rings. The van der Waals surface area contributed by atoms with Crippen LogP contribution in [0.15, 0.2) is 17.0 Å². The Hall–Kier alpha value is -0.450. The average Bonchev–Trinajstić information content (AvgIpc) is 2.21. The Morgan fingerprint density at radius 1 is 1.60 bits per heavy atom. The van der Waals surface area contributed by atoms with Gasteiger partial charge in [0.1, 0.15) is 5.82 Å². The standard InChI is InChI=1S/C10H13ClFNOS/c1-6(4-14)5-15-10-3-8(12)7(11)2-9(10)13/h2-3,6,14H,4-5,13H2,1H3. The summed E-state index contributed by atoms with van der Waals surface area (Å²) in [4.78, 5) is 0.664. The summed E-state index contributed by atoms with van der Waals surface area (Å²) in [5, 5.41) is 8.88. The zero-order chi connectivity index (χ0) is 11.4. The summed E-state index contributed by atoms with van der Waals surface area (Å²) in [7, 11) is 0. The van der Waals surface area contributed by atoms with Crippen molar-refractivity contribution in [2.75, 3.05) is 18.1 Å². The number of halogens is 2. The van der Waals surface area contributed by atoms with Crippen LogP contribution in [-0.4, -0.2) is 17.5 Å². The van der Waals surface area contributed by atoms with Crippen LogP contribution in [0.5, 0.6) is 0 Å². The number of nitrogen functional groups attached to an aromatic ring is 1. The van der Waals surface area contributed by atoms with E-state index in [1.54, 1.807) is 0 Å². The Bertz CT molecular complexity index is 348. The summed E-state index contributed by atoms with van der Waals surface area (Å²) < 4.78 is 13.1. The number of hydrogen-bond donors (Lipinski definition) is 2.